The van der Waals surface area contributed by atoms with Crippen LogP contribution in [0.4, 0.5) is 0 Å². The number of nitrogens with zero attached hydrogens (tertiary/aromatic N) is 1. The Hall–Kier alpha value is -1.64. The second-order valence-electron chi connectivity index (χ2n) is 5.26. The highest BCUT2D eigenvalue weighted by Crippen LogP contribution is 2.10. The van der Waals surface area contributed by atoms with Gasteiger partial charge in [-0.05, 0) is 31.5 Å². The molecule has 7 nitrogen and oxygen atoms in total. The fourth-order valence-corrected chi connectivity index (χ4v) is 2.81. The molecule has 0 unspecified atom stereocenters. The fraction of sp³-hybridized carbons (Fsp3) is 0.533. The van der Waals surface area contributed by atoms with Gasteiger partial charge in [0.05, 0.1) is 11.5 Å². The van der Waals surface area contributed by atoms with Gasteiger partial charge < -0.3 is 15.4 Å². The maximum absolute atomic E-state index is 12.0. The van der Waals surface area contributed by atoms with Crippen LogP contribution < -0.4 is 15.4 Å². The molecule has 3 N–H and O–H groups in total. The fourth-order valence-electron chi connectivity index (χ4n) is 1.80. The summed E-state index contributed by atoms with van der Waals surface area (Å²) in [6.07, 6.45) is 0. The maximum Gasteiger partial charge on any atom is 0.240 e. The number of nitrogens with one attached hydrogen (secondary N) is 3. The number of guanidine groups is 1. The Morgan fingerprint density at radius 2 is 1.91 bits per heavy atom. The molecule has 23 heavy (non-hydrogen) atoms. The summed E-state index contributed by atoms with van der Waals surface area (Å²) < 4.78 is 31.4. The number of sulfonamides is 1. The number of aliphatic imine (C=N–C) groups is 1. The monoisotopic (exact) mass is 342 g/mol. The van der Waals surface area contributed by atoms with Crippen molar-refractivity contribution in [1.82, 2.24) is 15.4 Å². The molecule has 1 aromatic rings. The zero-order valence-corrected chi connectivity index (χ0v) is 14.9. The zero-order chi connectivity index (χ0) is 17.3. The minimum absolute atomic E-state index is 0.238. The quantitative estimate of drug-likeness (QED) is 0.367. The first kappa shape index (κ1) is 19.4. The van der Waals surface area contributed by atoms with E-state index in [2.05, 4.69) is 20.3 Å². The van der Waals surface area contributed by atoms with Crippen LogP contribution in [0.15, 0.2) is 34.2 Å². The molecule has 0 heterocycles. The molecule has 0 fully saturated rings. The molecule has 0 saturated heterocycles. The molecule has 0 aliphatic carbocycles. The van der Waals surface area contributed by atoms with Crippen LogP contribution in [-0.4, -0.2) is 47.7 Å². The molecule has 0 bridgehead atoms. The molecule has 0 radical (unpaired) electrons. The van der Waals surface area contributed by atoms with Crippen LogP contribution in [-0.2, 0) is 21.3 Å². The second kappa shape index (κ2) is 9.49. The lowest BCUT2D eigenvalue weighted by Crippen LogP contribution is -2.40. The van der Waals surface area contributed by atoms with Gasteiger partial charge in [0.1, 0.15) is 0 Å². The van der Waals surface area contributed by atoms with Gasteiger partial charge in [-0.15, -0.1) is 0 Å². The maximum atomic E-state index is 12.0. The molecular weight excluding hydrogens is 316 g/mol. The third-order valence-electron chi connectivity index (χ3n) is 2.94. The Bertz CT molecular complexity index is 598. The molecule has 1 aromatic carbocycles. The standard InChI is InChI=1S/C15H26N4O3S/c1-12(2)19-15(16-3)17-11-13-5-7-14(8-6-13)23(20,21)18-9-10-22-4/h5-8,12,18H,9-11H2,1-4H3,(H2,16,17,19). The van der Waals surface area contributed by atoms with Crippen molar-refractivity contribution in [3.63, 3.8) is 0 Å². The smallest absolute Gasteiger partial charge is 0.240 e. The highest BCUT2D eigenvalue weighted by molar-refractivity contribution is 7.89. The highest BCUT2D eigenvalue weighted by Gasteiger charge is 2.12. The SMILES string of the molecule is CN=C(NCc1ccc(S(=O)(=O)NCCOC)cc1)NC(C)C. The average molecular weight is 342 g/mol. The number of hydrogen-bond donors (Lipinski definition) is 3. The van der Waals surface area contributed by atoms with Crippen LogP contribution in [0.25, 0.3) is 0 Å². The van der Waals surface area contributed by atoms with E-state index in [1.165, 1.54) is 7.11 Å². The molecular formula is C15H26N4O3S. The highest BCUT2D eigenvalue weighted by atomic mass is 32.2. The Kier molecular flexibility index (Phi) is 8.01. The number of hydrogen-bond acceptors (Lipinski definition) is 4. The molecule has 1 rings (SSSR count). The number of benzene rings is 1. The van der Waals surface area contributed by atoms with Crippen molar-refractivity contribution in [1.29, 1.82) is 0 Å². The Morgan fingerprint density at radius 3 is 2.43 bits per heavy atom. The number of ether oxygens (including phenoxy) is 1. The van der Waals surface area contributed by atoms with Crippen molar-refractivity contribution in [3.05, 3.63) is 29.8 Å². The predicted molar refractivity (Wildman–Crippen MR) is 92.0 cm³/mol. The summed E-state index contributed by atoms with van der Waals surface area (Å²) in [5.74, 6) is 0.706. The first-order valence-corrected chi connectivity index (χ1v) is 8.92. The molecule has 8 heteroatoms. The van der Waals surface area contributed by atoms with Gasteiger partial charge in [0.2, 0.25) is 10.0 Å². The van der Waals surface area contributed by atoms with Gasteiger partial charge in [-0.2, -0.15) is 0 Å². The minimum Gasteiger partial charge on any atom is -0.383 e. The van der Waals surface area contributed by atoms with Gasteiger partial charge in [0.15, 0.2) is 5.96 Å². The van der Waals surface area contributed by atoms with E-state index in [-0.39, 0.29) is 17.5 Å². The van der Waals surface area contributed by atoms with Gasteiger partial charge in [-0.3, -0.25) is 4.99 Å². The lowest BCUT2D eigenvalue weighted by molar-refractivity contribution is 0.204. The number of methoxy groups -OCH3 is 1. The van der Waals surface area contributed by atoms with Crippen LogP contribution in [0.3, 0.4) is 0 Å². The van der Waals surface area contributed by atoms with Crippen molar-refractivity contribution in [2.75, 3.05) is 27.3 Å². The molecule has 0 aliphatic heterocycles. The minimum atomic E-state index is -3.49. The third kappa shape index (κ3) is 6.98. The van der Waals surface area contributed by atoms with Crippen molar-refractivity contribution in [2.24, 2.45) is 4.99 Å². The Labute approximate surface area is 138 Å². The molecule has 0 aliphatic rings. The summed E-state index contributed by atoms with van der Waals surface area (Å²) in [4.78, 5) is 4.36. The van der Waals surface area contributed by atoms with Gasteiger partial charge in [-0.25, -0.2) is 13.1 Å². The van der Waals surface area contributed by atoms with E-state index < -0.39 is 10.0 Å². The van der Waals surface area contributed by atoms with Gasteiger partial charge in [-0.1, -0.05) is 12.1 Å². The molecule has 0 atom stereocenters. The predicted octanol–water partition coefficient (Wildman–Crippen LogP) is 0.685. The normalized spacial score (nSPS) is 12.5. The van der Waals surface area contributed by atoms with E-state index in [1.54, 1.807) is 31.3 Å². The van der Waals surface area contributed by atoms with E-state index in [4.69, 9.17) is 4.74 Å². The summed E-state index contributed by atoms with van der Waals surface area (Å²) in [5, 5.41) is 6.36. The van der Waals surface area contributed by atoms with E-state index in [0.29, 0.717) is 19.1 Å². The summed E-state index contributed by atoms with van der Waals surface area (Å²) in [6.45, 7) is 5.21. The van der Waals surface area contributed by atoms with E-state index in [1.807, 2.05) is 13.8 Å². The number of rotatable bonds is 8. The first-order chi connectivity index (χ1) is 10.9. The van der Waals surface area contributed by atoms with E-state index in [9.17, 15) is 8.42 Å². The van der Waals surface area contributed by atoms with Crippen LogP contribution in [0.2, 0.25) is 0 Å². The first-order valence-electron chi connectivity index (χ1n) is 7.43. The summed E-state index contributed by atoms with van der Waals surface area (Å²) >= 11 is 0. The molecule has 0 amide bonds. The summed E-state index contributed by atoms with van der Waals surface area (Å²) in [7, 11) is -0.254. The molecule has 0 spiro atoms. The van der Waals surface area contributed by atoms with Crippen LogP contribution in [0.5, 0.6) is 0 Å². The Balaban J connectivity index is 2.62. The topological polar surface area (TPSA) is 91.8 Å². The van der Waals surface area contributed by atoms with Crippen LogP contribution in [0.1, 0.15) is 19.4 Å². The van der Waals surface area contributed by atoms with Gasteiger partial charge in [0.25, 0.3) is 0 Å². The van der Waals surface area contributed by atoms with E-state index >= 15 is 0 Å². The van der Waals surface area contributed by atoms with Gasteiger partial charge in [0, 0.05) is 33.3 Å². The van der Waals surface area contributed by atoms with Crippen LogP contribution in [0, 0.1) is 0 Å². The third-order valence-corrected chi connectivity index (χ3v) is 4.42. The Morgan fingerprint density at radius 1 is 1.26 bits per heavy atom. The molecule has 0 saturated carbocycles. The summed E-state index contributed by atoms with van der Waals surface area (Å²) in [5.41, 5.74) is 0.965. The van der Waals surface area contributed by atoms with Crippen molar-refractivity contribution >= 4 is 16.0 Å². The van der Waals surface area contributed by atoms with Crippen molar-refractivity contribution in [2.45, 2.75) is 31.3 Å². The van der Waals surface area contributed by atoms with Crippen molar-refractivity contribution < 1.29 is 13.2 Å². The average Bonchev–Trinajstić information content (AvgIpc) is 2.51. The van der Waals surface area contributed by atoms with Crippen LogP contribution >= 0.6 is 0 Å². The second-order valence-corrected chi connectivity index (χ2v) is 7.03. The molecule has 130 valence electrons. The van der Waals surface area contributed by atoms with Crippen molar-refractivity contribution in [3.8, 4) is 0 Å². The largest absolute Gasteiger partial charge is 0.383 e. The lowest BCUT2D eigenvalue weighted by atomic mass is 10.2. The lowest BCUT2D eigenvalue weighted by Gasteiger charge is -2.14. The molecule has 0 aromatic heterocycles. The zero-order valence-electron chi connectivity index (χ0n) is 14.1. The summed E-state index contributed by atoms with van der Waals surface area (Å²) in [6, 6.07) is 7.02. The van der Waals surface area contributed by atoms with Gasteiger partial charge >= 0.3 is 0 Å². The van der Waals surface area contributed by atoms with E-state index in [0.717, 1.165) is 5.56 Å².